The largest absolute Gasteiger partial charge is 0.361 e. The van der Waals surface area contributed by atoms with Crippen LogP contribution in [0.2, 0.25) is 5.02 Å². The van der Waals surface area contributed by atoms with Gasteiger partial charge in [-0.1, -0.05) is 43.6 Å². The van der Waals surface area contributed by atoms with E-state index in [0.717, 1.165) is 27.7 Å². The van der Waals surface area contributed by atoms with Crippen LogP contribution >= 0.6 is 11.6 Å². The van der Waals surface area contributed by atoms with Crippen molar-refractivity contribution in [2.24, 2.45) is 0 Å². The zero-order valence-electron chi connectivity index (χ0n) is 13.2. The van der Waals surface area contributed by atoms with Crippen molar-refractivity contribution in [2.75, 3.05) is 5.32 Å². The van der Waals surface area contributed by atoms with E-state index in [1.165, 1.54) is 0 Å². The van der Waals surface area contributed by atoms with E-state index in [9.17, 15) is 4.79 Å². The van der Waals surface area contributed by atoms with Gasteiger partial charge in [0.15, 0.2) is 0 Å². The Bertz CT molecular complexity index is 851. The number of nitrogens with one attached hydrogen (secondary N) is 2. The van der Waals surface area contributed by atoms with E-state index in [-0.39, 0.29) is 5.91 Å². The van der Waals surface area contributed by atoms with Crippen molar-refractivity contribution in [3.8, 4) is 0 Å². The molecule has 0 saturated heterocycles. The number of carbonyl (C=O) groups excluding carboxylic acids is 1. The molecule has 2 aromatic carbocycles. The first-order chi connectivity index (χ1) is 11.0. The van der Waals surface area contributed by atoms with Crippen LogP contribution < -0.4 is 5.32 Å². The minimum Gasteiger partial charge on any atom is -0.361 e. The zero-order chi connectivity index (χ0) is 16.4. The number of hydrogen-bond acceptors (Lipinski definition) is 1. The molecule has 0 aliphatic heterocycles. The van der Waals surface area contributed by atoms with Gasteiger partial charge in [-0.15, -0.1) is 0 Å². The molecule has 0 aliphatic rings. The fraction of sp³-hybridized carbons (Fsp3) is 0.211. The van der Waals surface area contributed by atoms with Crippen molar-refractivity contribution in [1.29, 1.82) is 0 Å². The highest BCUT2D eigenvalue weighted by atomic mass is 35.5. The lowest BCUT2D eigenvalue weighted by molar-refractivity contribution is -0.115. The number of anilines is 1. The fourth-order valence-electron chi connectivity index (χ4n) is 2.78. The van der Waals surface area contributed by atoms with Gasteiger partial charge in [0, 0.05) is 27.8 Å². The van der Waals surface area contributed by atoms with Crippen LogP contribution in [0.4, 0.5) is 5.69 Å². The molecule has 2 N–H and O–H groups in total. The Kier molecular flexibility index (Phi) is 4.39. The van der Waals surface area contributed by atoms with Crippen LogP contribution in [0, 0.1) is 0 Å². The number of rotatable bonds is 4. The Morgan fingerprint density at radius 3 is 2.78 bits per heavy atom. The maximum absolute atomic E-state index is 12.4. The lowest BCUT2D eigenvalue weighted by atomic mass is 10.0. The lowest BCUT2D eigenvalue weighted by Crippen LogP contribution is -2.15. The van der Waals surface area contributed by atoms with Gasteiger partial charge in [0.2, 0.25) is 5.91 Å². The van der Waals surface area contributed by atoms with E-state index in [2.05, 4.69) is 24.1 Å². The van der Waals surface area contributed by atoms with Gasteiger partial charge in [0.05, 0.1) is 6.42 Å². The van der Waals surface area contributed by atoms with Gasteiger partial charge in [-0.05, 0) is 41.3 Å². The molecule has 3 aromatic rings. The molecular formula is C19H19ClN2O. The van der Waals surface area contributed by atoms with E-state index in [1.807, 2.05) is 48.7 Å². The Morgan fingerprint density at radius 2 is 2.00 bits per heavy atom. The van der Waals surface area contributed by atoms with Crippen molar-refractivity contribution in [3.63, 3.8) is 0 Å². The molecule has 0 bridgehead atoms. The van der Waals surface area contributed by atoms with Crippen molar-refractivity contribution in [3.05, 3.63) is 64.8 Å². The molecular weight excluding hydrogens is 308 g/mol. The number of para-hydroxylation sites is 1. The molecule has 4 heteroatoms. The molecule has 3 nitrogen and oxygen atoms in total. The number of hydrogen-bond donors (Lipinski definition) is 2. The quantitative estimate of drug-likeness (QED) is 0.686. The highest BCUT2D eigenvalue weighted by Gasteiger charge is 2.12. The highest BCUT2D eigenvalue weighted by molar-refractivity contribution is 6.31. The van der Waals surface area contributed by atoms with E-state index in [4.69, 9.17) is 11.6 Å². The summed E-state index contributed by atoms with van der Waals surface area (Å²) in [6, 6.07) is 13.6. The predicted molar refractivity (Wildman–Crippen MR) is 96.2 cm³/mol. The number of carbonyl (C=O) groups is 1. The van der Waals surface area contributed by atoms with E-state index in [1.54, 1.807) is 0 Å². The summed E-state index contributed by atoms with van der Waals surface area (Å²) in [4.78, 5) is 15.6. The third-order valence-electron chi connectivity index (χ3n) is 3.94. The van der Waals surface area contributed by atoms with Gasteiger partial charge in [-0.25, -0.2) is 0 Å². The predicted octanol–water partition coefficient (Wildman–Crippen LogP) is 5.13. The van der Waals surface area contributed by atoms with Crippen LogP contribution in [0.25, 0.3) is 10.9 Å². The second kappa shape index (κ2) is 6.47. The average Bonchev–Trinajstić information content (AvgIpc) is 2.90. The zero-order valence-corrected chi connectivity index (χ0v) is 13.9. The van der Waals surface area contributed by atoms with Gasteiger partial charge in [-0.3, -0.25) is 4.79 Å². The Balaban J connectivity index is 1.81. The molecule has 1 amide bonds. The fourth-order valence-corrected chi connectivity index (χ4v) is 2.95. The van der Waals surface area contributed by atoms with Gasteiger partial charge >= 0.3 is 0 Å². The monoisotopic (exact) mass is 326 g/mol. The molecule has 0 fully saturated rings. The molecule has 0 unspecified atom stereocenters. The lowest BCUT2D eigenvalue weighted by Gasteiger charge is -2.13. The molecule has 1 aromatic heterocycles. The topological polar surface area (TPSA) is 44.9 Å². The minimum atomic E-state index is -0.0287. The van der Waals surface area contributed by atoms with Crippen molar-refractivity contribution < 1.29 is 4.79 Å². The highest BCUT2D eigenvalue weighted by Crippen LogP contribution is 2.25. The summed E-state index contributed by atoms with van der Waals surface area (Å²) in [6.07, 6.45) is 2.18. The van der Waals surface area contributed by atoms with Crippen LogP contribution in [0.5, 0.6) is 0 Å². The number of aromatic nitrogens is 1. The summed E-state index contributed by atoms with van der Waals surface area (Å²) in [7, 11) is 0. The number of benzene rings is 2. The van der Waals surface area contributed by atoms with Crippen LogP contribution in [0.15, 0.2) is 48.7 Å². The number of fused-ring (bicyclic) bond motifs is 1. The average molecular weight is 327 g/mol. The van der Waals surface area contributed by atoms with Crippen LogP contribution in [-0.2, 0) is 11.2 Å². The normalized spacial score (nSPS) is 11.1. The number of halogens is 1. The van der Waals surface area contributed by atoms with Crippen molar-refractivity contribution in [2.45, 2.75) is 26.2 Å². The standard InChI is InChI=1S/C19H19ClN2O/c1-12(2)15-5-3-4-6-18(15)22-19(23)9-13-11-21-17-8-7-14(20)10-16(13)17/h3-8,10-12,21H,9H2,1-2H3,(H,22,23). The number of aromatic amines is 1. The van der Waals surface area contributed by atoms with Gasteiger partial charge in [0.1, 0.15) is 0 Å². The van der Waals surface area contributed by atoms with Crippen LogP contribution in [-0.4, -0.2) is 10.9 Å². The molecule has 0 spiro atoms. The number of H-pyrrole nitrogens is 1. The molecule has 0 radical (unpaired) electrons. The van der Waals surface area contributed by atoms with Crippen LogP contribution in [0.1, 0.15) is 30.9 Å². The van der Waals surface area contributed by atoms with Gasteiger partial charge in [0.25, 0.3) is 0 Å². The summed E-state index contributed by atoms with van der Waals surface area (Å²) in [5.74, 6) is 0.331. The van der Waals surface area contributed by atoms with Crippen molar-refractivity contribution >= 4 is 34.1 Å². The first-order valence-corrected chi connectivity index (χ1v) is 8.06. The second-order valence-electron chi connectivity index (χ2n) is 5.97. The van der Waals surface area contributed by atoms with Crippen molar-refractivity contribution in [1.82, 2.24) is 4.98 Å². The summed E-state index contributed by atoms with van der Waals surface area (Å²) >= 11 is 6.06. The van der Waals surface area contributed by atoms with E-state index >= 15 is 0 Å². The SMILES string of the molecule is CC(C)c1ccccc1NC(=O)Cc1c[nH]c2ccc(Cl)cc12. The maximum Gasteiger partial charge on any atom is 0.228 e. The summed E-state index contributed by atoms with van der Waals surface area (Å²) in [5, 5.41) is 4.68. The number of amides is 1. The summed E-state index contributed by atoms with van der Waals surface area (Å²) in [5.41, 5.74) is 3.95. The first-order valence-electron chi connectivity index (χ1n) is 7.69. The third kappa shape index (κ3) is 3.40. The van der Waals surface area contributed by atoms with Crippen LogP contribution in [0.3, 0.4) is 0 Å². The Morgan fingerprint density at radius 1 is 1.22 bits per heavy atom. The summed E-state index contributed by atoms with van der Waals surface area (Å²) < 4.78 is 0. The minimum absolute atomic E-state index is 0.0287. The smallest absolute Gasteiger partial charge is 0.228 e. The Hall–Kier alpha value is -2.26. The molecule has 0 atom stereocenters. The van der Waals surface area contributed by atoms with E-state index < -0.39 is 0 Å². The molecule has 118 valence electrons. The van der Waals surface area contributed by atoms with E-state index in [0.29, 0.717) is 17.4 Å². The molecule has 0 aliphatic carbocycles. The first kappa shape index (κ1) is 15.6. The molecule has 0 saturated carbocycles. The Labute approximate surface area is 140 Å². The second-order valence-corrected chi connectivity index (χ2v) is 6.41. The van der Waals surface area contributed by atoms with Gasteiger partial charge < -0.3 is 10.3 Å². The molecule has 23 heavy (non-hydrogen) atoms. The third-order valence-corrected chi connectivity index (χ3v) is 4.17. The van der Waals surface area contributed by atoms with Gasteiger partial charge in [-0.2, -0.15) is 0 Å². The molecule has 3 rings (SSSR count). The maximum atomic E-state index is 12.4. The molecule has 1 heterocycles. The summed E-state index contributed by atoms with van der Waals surface area (Å²) in [6.45, 7) is 4.24.